The second-order valence-corrected chi connectivity index (χ2v) is 3.17. The molecule has 3 heteroatoms. The van der Waals surface area contributed by atoms with Gasteiger partial charge in [-0.15, -0.1) is 0 Å². The van der Waals surface area contributed by atoms with Gasteiger partial charge in [0.15, 0.2) is 0 Å². The van der Waals surface area contributed by atoms with Gasteiger partial charge in [-0.25, -0.2) is 0 Å². The van der Waals surface area contributed by atoms with Crippen molar-refractivity contribution in [1.82, 2.24) is 0 Å². The molecule has 3 atom stereocenters. The number of methoxy groups -OCH3 is 1. The van der Waals surface area contributed by atoms with Crippen molar-refractivity contribution in [3.63, 3.8) is 0 Å². The first-order chi connectivity index (χ1) is 5.10. The maximum Gasteiger partial charge on any atom is 0.109 e. The highest BCUT2D eigenvalue weighted by atomic mass is 16.5. The van der Waals surface area contributed by atoms with Crippen LogP contribution in [-0.4, -0.2) is 30.0 Å². The van der Waals surface area contributed by atoms with E-state index < -0.39 is 11.7 Å². The Morgan fingerprint density at radius 3 is 2.82 bits per heavy atom. The van der Waals surface area contributed by atoms with Crippen LogP contribution in [0.2, 0.25) is 0 Å². The summed E-state index contributed by atoms with van der Waals surface area (Å²) in [6, 6.07) is 0. The van der Waals surface area contributed by atoms with E-state index in [2.05, 4.69) is 0 Å². The molecule has 0 aliphatic carbocycles. The average molecular weight is 159 g/mol. The Bertz CT molecular complexity index is 137. The molecule has 0 saturated carbocycles. The highest BCUT2D eigenvalue weighted by Crippen LogP contribution is 2.29. The van der Waals surface area contributed by atoms with Gasteiger partial charge in [0.1, 0.15) is 6.10 Å². The molecule has 1 aliphatic rings. The molecule has 1 heterocycles. The number of aliphatic hydroxyl groups excluding tert-OH is 1. The minimum absolute atomic E-state index is 0.173. The highest BCUT2D eigenvalue weighted by Gasteiger charge is 2.40. The van der Waals surface area contributed by atoms with Gasteiger partial charge in [-0.1, -0.05) is 0 Å². The van der Waals surface area contributed by atoms with Crippen LogP contribution in [0, 0.1) is 6.61 Å². The lowest BCUT2D eigenvalue weighted by molar-refractivity contribution is -0.170. The predicted molar refractivity (Wildman–Crippen MR) is 40.9 cm³/mol. The third kappa shape index (κ3) is 1.55. The van der Waals surface area contributed by atoms with Gasteiger partial charge in [-0.05, 0) is 13.8 Å². The molecule has 65 valence electrons. The van der Waals surface area contributed by atoms with E-state index in [-0.39, 0.29) is 6.10 Å². The monoisotopic (exact) mass is 159 g/mol. The highest BCUT2D eigenvalue weighted by molar-refractivity contribution is 4.94. The molecule has 1 radical (unpaired) electrons. The lowest BCUT2D eigenvalue weighted by atomic mass is 9.89. The van der Waals surface area contributed by atoms with E-state index >= 15 is 0 Å². The van der Waals surface area contributed by atoms with Crippen molar-refractivity contribution in [2.24, 2.45) is 0 Å². The molecular weight excluding hydrogens is 144 g/mol. The summed E-state index contributed by atoms with van der Waals surface area (Å²) in [5, 5.41) is 9.63. The molecule has 1 N–H and O–H groups in total. The van der Waals surface area contributed by atoms with Gasteiger partial charge in [0.25, 0.3) is 0 Å². The van der Waals surface area contributed by atoms with Crippen LogP contribution in [0.5, 0.6) is 0 Å². The Morgan fingerprint density at radius 1 is 1.73 bits per heavy atom. The molecule has 3 nitrogen and oxygen atoms in total. The zero-order valence-electron chi connectivity index (χ0n) is 7.20. The third-order valence-electron chi connectivity index (χ3n) is 2.34. The fourth-order valence-corrected chi connectivity index (χ4v) is 1.26. The Labute approximate surface area is 67.3 Å². The zero-order chi connectivity index (χ0) is 8.48. The van der Waals surface area contributed by atoms with Crippen molar-refractivity contribution in [2.45, 2.75) is 38.1 Å². The first-order valence-electron chi connectivity index (χ1n) is 3.80. The molecule has 1 saturated heterocycles. The van der Waals surface area contributed by atoms with E-state index in [1.165, 1.54) is 0 Å². The van der Waals surface area contributed by atoms with Crippen molar-refractivity contribution in [3.05, 3.63) is 6.61 Å². The smallest absolute Gasteiger partial charge is 0.109 e. The molecule has 0 amide bonds. The normalized spacial score (nSPS) is 45.8. The lowest BCUT2D eigenvalue weighted by Gasteiger charge is -2.40. The van der Waals surface area contributed by atoms with Gasteiger partial charge in [-0.3, -0.25) is 0 Å². The number of aliphatic hydroxyl groups is 1. The van der Waals surface area contributed by atoms with Crippen LogP contribution in [0.1, 0.15) is 20.3 Å². The van der Waals surface area contributed by atoms with E-state index in [4.69, 9.17) is 9.47 Å². The summed E-state index contributed by atoms with van der Waals surface area (Å²) in [5.41, 5.74) is -0.475. The van der Waals surface area contributed by atoms with E-state index in [1.807, 2.05) is 13.8 Å². The van der Waals surface area contributed by atoms with E-state index in [1.54, 1.807) is 13.7 Å². The van der Waals surface area contributed by atoms with Crippen LogP contribution in [-0.2, 0) is 9.47 Å². The predicted octanol–water partition coefficient (Wildman–Crippen LogP) is 0.723. The third-order valence-corrected chi connectivity index (χ3v) is 2.34. The Balaban J connectivity index is 2.64. The standard InChI is InChI=1S/C8H15O3/c1-6-7(9)8(2,10-3)4-5-11-6/h5-7,9H,4H2,1-3H3/t6-,7-,8+/m0/s1. The molecule has 11 heavy (non-hydrogen) atoms. The molecule has 1 aliphatic heterocycles. The summed E-state index contributed by atoms with van der Waals surface area (Å²) in [7, 11) is 1.61. The van der Waals surface area contributed by atoms with Crippen molar-refractivity contribution in [2.75, 3.05) is 7.11 Å². The first-order valence-corrected chi connectivity index (χ1v) is 3.80. The van der Waals surface area contributed by atoms with E-state index in [9.17, 15) is 5.11 Å². The van der Waals surface area contributed by atoms with Gasteiger partial charge in [0.05, 0.1) is 18.3 Å². The van der Waals surface area contributed by atoms with Gasteiger partial charge in [0.2, 0.25) is 0 Å². The second kappa shape index (κ2) is 3.09. The summed E-state index contributed by atoms with van der Waals surface area (Å²) in [4.78, 5) is 0. The van der Waals surface area contributed by atoms with Crippen molar-refractivity contribution >= 4 is 0 Å². The van der Waals surface area contributed by atoms with Crippen molar-refractivity contribution < 1.29 is 14.6 Å². The van der Waals surface area contributed by atoms with Crippen molar-refractivity contribution in [3.8, 4) is 0 Å². The topological polar surface area (TPSA) is 38.7 Å². The Morgan fingerprint density at radius 2 is 2.36 bits per heavy atom. The fraction of sp³-hybridized carbons (Fsp3) is 0.875. The van der Waals surface area contributed by atoms with E-state index in [0.717, 1.165) is 0 Å². The molecule has 1 rings (SSSR count). The minimum Gasteiger partial charge on any atom is -0.387 e. The summed E-state index contributed by atoms with van der Waals surface area (Å²) in [6.45, 7) is 5.41. The number of hydrogen-bond acceptors (Lipinski definition) is 3. The summed E-state index contributed by atoms with van der Waals surface area (Å²) < 4.78 is 10.3. The lowest BCUT2D eigenvalue weighted by Crippen LogP contribution is -2.51. The molecule has 0 aromatic rings. The maximum absolute atomic E-state index is 9.63. The Kier molecular flexibility index (Phi) is 2.52. The SMILES string of the molecule is CO[C@]1(C)C[CH]O[C@@H](C)[C@@H]1O. The van der Waals surface area contributed by atoms with Crippen LogP contribution in [0.15, 0.2) is 0 Å². The number of ether oxygens (including phenoxy) is 2. The molecule has 0 spiro atoms. The fourth-order valence-electron chi connectivity index (χ4n) is 1.26. The summed E-state index contributed by atoms with van der Waals surface area (Å²) in [5.74, 6) is 0. The van der Waals surface area contributed by atoms with Crippen LogP contribution >= 0.6 is 0 Å². The zero-order valence-corrected chi connectivity index (χ0v) is 7.20. The van der Waals surface area contributed by atoms with Gasteiger partial charge in [0, 0.05) is 13.5 Å². The summed E-state index contributed by atoms with van der Waals surface area (Å²) in [6.07, 6.45) is -0.0825. The van der Waals surface area contributed by atoms with Gasteiger partial charge >= 0.3 is 0 Å². The molecule has 0 bridgehead atoms. The first kappa shape index (κ1) is 8.97. The molecule has 0 aromatic carbocycles. The van der Waals surface area contributed by atoms with E-state index in [0.29, 0.717) is 6.42 Å². The van der Waals surface area contributed by atoms with Crippen LogP contribution in [0.25, 0.3) is 0 Å². The minimum atomic E-state index is -0.544. The number of rotatable bonds is 1. The van der Waals surface area contributed by atoms with Gasteiger partial charge < -0.3 is 14.6 Å². The quantitative estimate of drug-likeness (QED) is 0.612. The van der Waals surface area contributed by atoms with Crippen molar-refractivity contribution in [1.29, 1.82) is 0 Å². The summed E-state index contributed by atoms with van der Waals surface area (Å²) >= 11 is 0. The number of hydrogen-bond donors (Lipinski definition) is 1. The Hall–Kier alpha value is -0.120. The second-order valence-electron chi connectivity index (χ2n) is 3.17. The maximum atomic E-state index is 9.63. The van der Waals surface area contributed by atoms with Crippen LogP contribution < -0.4 is 0 Å². The molecular formula is C8H15O3. The van der Waals surface area contributed by atoms with Gasteiger partial charge in [-0.2, -0.15) is 0 Å². The average Bonchev–Trinajstić information content (AvgIpc) is 2.00. The largest absolute Gasteiger partial charge is 0.387 e. The molecule has 0 aromatic heterocycles. The molecule has 0 unspecified atom stereocenters. The van der Waals surface area contributed by atoms with Crippen LogP contribution in [0.4, 0.5) is 0 Å². The molecule has 1 fully saturated rings. The van der Waals surface area contributed by atoms with Crippen LogP contribution in [0.3, 0.4) is 0 Å².